The Balaban J connectivity index is 2.08. The summed E-state index contributed by atoms with van der Waals surface area (Å²) in [7, 11) is 0. The highest BCUT2D eigenvalue weighted by Gasteiger charge is 2.30. The van der Waals surface area contributed by atoms with Crippen LogP contribution in [0.5, 0.6) is 0 Å². The summed E-state index contributed by atoms with van der Waals surface area (Å²) in [6.07, 6.45) is 0.190. The van der Waals surface area contributed by atoms with Gasteiger partial charge in [-0.15, -0.1) is 0 Å². The number of rotatable bonds is 1. The number of carbonyl (C=O) groups excluding carboxylic acids is 2. The minimum atomic E-state index is -0.462. The third-order valence-electron chi connectivity index (χ3n) is 3.65. The molecule has 1 N–H and O–H groups in total. The van der Waals surface area contributed by atoms with Crippen molar-refractivity contribution in [3.8, 4) is 0 Å². The van der Waals surface area contributed by atoms with Crippen LogP contribution in [0.4, 0.5) is 15.8 Å². The Labute approximate surface area is 127 Å². The molecule has 2 aromatic carbocycles. The van der Waals surface area contributed by atoms with Crippen molar-refractivity contribution in [1.29, 1.82) is 0 Å². The normalized spacial score (nSPS) is 17.5. The Bertz CT molecular complexity index is 745. The Kier molecular flexibility index (Phi) is 3.63. The number of nitrogens with zero attached hydrogens (tertiary/aromatic N) is 1. The van der Waals surface area contributed by atoms with Gasteiger partial charge in [0.15, 0.2) is 0 Å². The van der Waals surface area contributed by atoms with Crippen molar-refractivity contribution >= 4 is 23.2 Å². The van der Waals surface area contributed by atoms with Crippen molar-refractivity contribution < 1.29 is 14.0 Å². The molecule has 1 atom stereocenters. The second-order valence-electron chi connectivity index (χ2n) is 5.30. The Hall–Kier alpha value is -2.69. The van der Waals surface area contributed by atoms with Gasteiger partial charge in [0.2, 0.25) is 5.91 Å². The highest BCUT2D eigenvalue weighted by Crippen LogP contribution is 2.32. The van der Waals surface area contributed by atoms with E-state index < -0.39 is 5.82 Å². The van der Waals surface area contributed by atoms with E-state index in [9.17, 15) is 14.0 Å². The molecule has 1 aliphatic rings. The molecule has 4 nitrogen and oxygen atoms in total. The summed E-state index contributed by atoms with van der Waals surface area (Å²) in [5.41, 5.74) is 1.47. The lowest BCUT2D eigenvalue weighted by atomic mass is 10.1. The largest absolute Gasteiger partial charge is 0.324 e. The Morgan fingerprint density at radius 2 is 2.00 bits per heavy atom. The van der Waals surface area contributed by atoms with Gasteiger partial charge < -0.3 is 10.2 Å². The van der Waals surface area contributed by atoms with Gasteiger partial charge >= 0.3 is 0 Å². The summed E-state index contributed by atoms with van der Waals surface area (Å²) >= 11 is 0. The van der Waals surface area contributed by atoms with Gasteiger partial charge in [-0.2, -0.15) is 0 Å². The molecule has 2 aromatic rings. The molecule has 3 rings (SSSR count). The fraction of sp³-hybridized carbons (Fsp3) is 0.176. The van der Waals surface area contributed by atoms with Crippen LogP contribution in [-0.4, -0.2) is 17.9 Å². The van der Waals surface area contributed by atoms with Crippen LogP contribution in [0.2, 0.25) is 0 Å². The number of hydrogen-bond acceptors (Lipinski definition) is 2. The van der Waals surface area contributed by atoms with Gasteiger partial charge in [0, 0.05) is 18.0 Å². The van der Waals surface area contributed by atoms with Gasteiger partial charge in [-0.25, -0.2) is 4.39 Å². The Morgan fingerprint density at radius 3 is 2.77 bits per heavy atom. The summed E-state index contributed by atoms with van der Waals surface area (Å²) in [6.45, 7) is 1.80. The number of carbonyl (C=O) groups is 2. The average Bonchev–Trinajstić information content (AvgIpc) is 2.61. The standard InChI is InChI=1S/C17H15FN2O2/c1-11-9-16(21)19-14-7-2-3-8-15(14)20(11)17(22)12-5-4-6-13(18)10-12/h2-8,10-11H,9H2,1H3,(H,19,21)/t11-/m1/s1. The maximum atomic E-state index is 13.4. The zero-order valence-corrected chi connectivity index (χ0v) is 12.0. The highest BCUT2D eigenvalue weighted by molar-refractivity contribution is 6.11. The van der Waals surface area contributed by atoms with Crippen molar-refractivity contribution in [2.75, 3.05) is 10.2 Å². The molecule has 0 aliphatic carbocycles. The zero-order valence-electron chi connectivity index (χ0n) is 12.0. The summed E-state index contributed by atoms with van der Waals surface area (Å²) in [4.78, 5) is 26.3. The molecule has 0 radical (unpaired) electrons. The molecule has 0 aromatic heterocycles. The van der Waals surface area contributed by atoms with Gasteiger partial charge in [0.1, 0.15) is 5.82 Å². The third kappa shape index (κ3) is 2.57. The maximum absolute atomic E-state index is 13.4. The van der Waals surface area contributed by atoms with E-state index >= 15 is 0 Å². The fourth-order valence-electron chi connectivity index (χ4n) is 2.66. The lowest BCUT2D eigenvalue weighted by Crippen LogP contribution is -2.39. The van der Waals surface area contributed by atoms with Crippen molar-refractivity contribution in [3.63, 3.8) is 0 Å². The summed E-state index contributed by atoms with van der Waals surface area (Å²) in [5, 5.41) is 2.79. The van der Waals surface area contributed by atoms with E-state index in [2.05, 4.69) is 5.32 Å². The van der Waals surface area contributed by atoms with Crippen LogP contribution in [0.1, 0.15) is 23.7 Å². The summed E-state index contributed by atoms with van der Waals surface area (Å²) < 4.78 is 13.4. The molecule has 0 fully saturated rings. The maximum Gasteiger partial charge on any atom is 0.258 e. The number of amides is 2. The summed E-state index contributed by atoms with van der Waals surface area (Å²) in [5.74, 6) is -0.929. The number of para-hydroxylation sites is 2. The first-order chi connectivity index (χ1) is 10.6. The van der Waals surface area contributed by atoms with Crippen molar-refractivity contribution in [3.05, 3.63) is 59.9 Å². The van der Waals surface area contributed by atoms with E-state index in [0.717, 1.165) is 0 Å². The van der Waals surface area contributed by atoms with Gasteiger partial charge in [0.05, 0.1) is 11.4 Å². The minimum absolute atomic E-state index is 0.144. The van der Waals surface area contributed by atoms with Crippen molar-refractivity contribution in [1.82, 2.24) is 0 Å². The van der Waals surface area contributed by atoms with Crippen LogP contribution >= 0.6 is 0 Å². The molecule has 0 spiro atoms. The number of halogens is 1. The second-order valence-corrected chi connectivity index (χ2v) is 5.30. The van der Waals surface area contributed by atoms with Gasteiger partial charge in [0.25, 0.3) is 5.91 Å². The SMILES string of the molecule is C[C@@H]1CC(=O)Nc2ccccc2N1C(=O)c1cccc(F)c1. The first kappa shape index (κ1) is 14.3. The zero-order chi connectivity index (χ0) is 15.7. The molecule has 0 bridgehead atoms. The van der Waals surface area contributed by atoms with Crippen LogP contribution in [0.25, 0.3) is 0 Å². The number of hydrogen-bond donors (Lipinski definition) is 1. The lowest BCUT2D eigenvalue weighted by molar-refractivity contribution is -0.116. The summed E-state index contributed by atoms with van der Waals surface area (Å²) in [6, 6.07) is 12.4. The first-order valence-electron chi connectivity index (χ1n) is 7.04. The predicted octanol–water partition coefficient (Wildman–Crippen LogP) is 3.20. The molecule has 0 unspecified atom stereocenters. The Morgan fingerprint density at radius 1 is 1.23 bits per heavy atom. The quantitative estimate of drug-likeness (QED) is 0.879. The lowest BCUT2D eigenvalue weighted by Gasteiger charge is -2.27. The van der Waals surface area contributed by atoms with E-state index in [0.29, 0.717) is 11.4 Å². The van der Waals surface area contributed by atoms with Crippen molar-refractivity contribution in [2.24, 2.45) is 0 Å². The van der Waals surface area contributed by atoms with Gasteiger partial charge in [-0.1, -0.05) is 18.2 Å². The van der Waals surface area contributed by atoms with Crippen LogP contribution in [0.3, 0.4) is 0 Å². The van der Waals surface area contributed by atoms with Crippen LogP contribution in [-0.2, 0) is 4.79 Å². The van der Waals surface area contributed by atoms with E-state index in [4.69, 9.17) is 0 Å². The van der Waals surface area contributed by atoms with Gasteiger partial charge in [-0.05, 0) is 37.3 Å². The van der Waals surface area contributed by atoms with E-state index in [1.807, 2.05) is 0 Å². The van der Waals surface area contributed by atoms with Crippen LogP contribution in [0, 0.1) is 5.82 Å². The smallest absolute Gasteiger partial charge is 0.258 e. The molecule has 0 saturated heterocycles. The molecule has 1 aliphatic heterocycles. The second kappa shape index (κ2) is 5.60. The third-order valence-corrected chi connectivity index (χ3v) is 3.65. The number of nitrogens with one attached hydrogen (secondary N) is 1. The first-order valence-corrected chi connectivity index (χ1v) is 7.04. The molecular formula is C17H15FN2O2. The molecule has 2 amide bonds. The van der Waals surface area contributed by atoms with Crippen LogP contribution < -0.4 is 10.2 Å². The van der Waals surface area contributed by atoms with Crippen LogP contribution in [0.15, 0.2) is 48.5 Å². The van der Waals surface area contributed by atoms with Crippen molar-refractivity contribution in [2.45, 2.75) is 19.4 Å². The molecule has 112 valence electrons. The average molecular weight is 298 g/mol. The molecule has 22 heavy (non-hydrogen) atoms. The van der Waals surface area contributed by atoms with Gasteiger partial charge in [-0.3, -0.25) is 9.59 Å². The van der Waals surface area contributed by atoms with E-state index in [1.165, 1.54) is 18.2 Å². The topological polar surface area (TPSA) is 49.4 Å². The molecule has 5 heteroatoms. The predicted molar refractivity (Wildman–Crippen MR) is 82.4 cm³/mol. The number of fused-ring (bicyclic) bond motifs is 1. The highest BCUT2D eigenvalue weighted by atomic mass is 19.1. The minimum Gasteiger partial charge on any atom is -0.324 e. The monoisotopic (exact) mass is 298 g/mol. The number of anilines is 2. The molecule has 0 saturated carbocycles. The molecule has 1 heterocycles. The van der Waals surface area contributed by atoms with E-state index in [1.54, 1.807) is 42.2 Å². The fourth-order valence-corrected chi connectivity index (χ4v) is 2.66. The number of benzene rings is 2. The molecular weight excluding hydrogens is 283 g/mol. The van der Waals surface area contributed by atoms with E-state index in [-0.39, 0.29) is 29.8 Å².